The molecule has 0 aliphatic heterocycles. The summed E-state index contributed by atoms with van der Waals surface area (Å²) in [7, 11) is 0. The average molecular weight is 242 g/mol. The number of aliphatic carboxylic acids is 1. The van der Waals surface area contributed by atoms with Crippen molar-refractivity contribution in [2.45, 2.75) is 11.3 Å². The van der Waals surface area contributed by atoms with Gasteiger partial charge in [-0.25, -0.2) is 4.21 Å². The molecule has 1 aromatic heterocycles. The van der Waals surface area contributed by atoms with Gasteiger partial charge in [0, 0.05) is 10.9 Å². The number of halogens is 1. The Hall–Kier alpha value is -1.69. The molecule has 16 heavy (non-hydrogen) atoms. The fourth-order valence-corrected chi connectivity index (χ4v) is 1.85. The van der Waals surface area contributed by atoms with Gasteiger partial charge in [-0.05, 0) is 18.2 Å². The molecular weight excluding hydrogens is 235 g/mol. The van der Waals surface area contributed by atoms with E-state index in [-0.39, 0.29) is 11.3 Å². The first-order valence-corrected chi connectivity index (χ1v) is 5.43. The molecule has 2 rings (SSSR count). The number of carboxylic acid groups (broad SMARTS) is 1. The Bertz CT molecular complexity index is 575. The van der Waals surface area contributed by atoms with Crippen LogP contribution in [0.2, 0.25) is 0 Å². The minimum absolute atomic E-state index is 0.000499. The molecule has 0 aliphatic carbocycles. The molecule has 4 nitrogen and oxygen atoms in total. The Morgan fingerprint density at radius 2 is 2.25 bits per heavy atom. The molecule has 1 aromatic carbocycles. The standard InChI is InChI=1S/C10H7FO4S/c11-16(14)7-1-2-9-8(4-7)6(5-15-9)3-10(12)13/h1-2,4-5H,3H2,(H,12,13). The quantitative estimate of drug-likeness (QED) is 0.836. The van der Waals surface area contributed by atoms with Crippen LogP contribution in [0.25, 0.3) is 11.0 Å². The highest BCUT2D eigenvalue weighted by molar-refractivity contribution is 7.79. The summed E-state index contributed by atoms with van der Waals surface area (Å²) in [4.78, 5) is 10.6. The highest BCUT2D eigenvalue weighted by atomic mass is 32.2. The van der Waals surface area contributed by atoms with Crippen LogP contribution in [-0.2, 0) is 22.4 Å². The second kappa shape index (κ2) is 4.05. The first kappa shape index (κ1) is 10.8. The SMILES string of the molecule is O=C(O)Cc1coc2ccc(S(=O)F)cc12. The molecular formula is C10H7FO4S. The lowest BCUT2D eigenvalue weighted by Crippen LogP contribution is -1.98. The smallest absolute Gasteiger partial charge is 0.307 e. The summed E-state index contributed by atoms with van der Waals surface area (Å²) in [5, 5.41) is 9.13. The number of hydrogen-bond acceptors (Lipinski definition) is 3. The van der Waals surface area contributed by atoms with Crippen molar-refractivity contribution >= 4 is 28.1 Å². The van der Waals surface area contributed by atoms with Crippen LogP contribution in [0.3, 0.4) is 0 Å². The van der Waals surface area contributed by atoms with Crippen molar-refractivity contribution in [3.05, 3.63) is 30.0 Å². The van der Waals surface area contributed by atoms with E-state index in [0.29, 0.717) is 16.5 Å². The van der Waals surface area contributed by atoms with Crippen molar-refractivity contribution in [3.8, 4) is 0 Å². The van der Waals surface area contributed by atoms with Gasteiger partial charge in [-0.1, -0.05) is 0 Å². The molecule has 0 saturated heterocycles. The Kier molecular flexibility index (Phi) is 2.74. The maximum atomic E-state index is 12.6. The molecule has 0 bridgehead atoms. The summed E-state index contributed by atoms with van der Waals surface area (Å²) in [5.74, 6) is -1.01. The van der Waals surface area contributed by atoms with Crippen molar-refractivity contribution in [1.82, 2.24) is 0 Å². The summed E-state index contributed by atoms with van der Waals surface area (Å²) >= 11 is -2.58. The van der Waals surface area contributed by atoms with Crippen molar-refractivity contribution in [3.63, 3.8) is 0 Å². The first-order valence-electron chi connectivity index (χ1n) is 4.38. The van der Waals surface area contributed by atoms with Gasteiger partial charge in [-0.3, -0.25) is 4.79 Å². The van der Waals surface area contributed by atoms with E-state index in [1.54, 1.807) is 0 Å². The molecule has 0 amide bonds. The zero-order valence-corrected chi connectivity index (χ0v) is 8.79. The summed E-state index contributed by atoms with van der Waals surface area (Å²) in [5.41, 5.74) is 0.889. The number of carbonyl (C=O) groups is 1. The second-order valence-corrected chi connectivity index (χ2v) is 4.13. The predicted molar refractivity (Wildman–Crippen MR) is 55.1 cm³/mol. The summed E-state index contributed by atoms with van der Waals surface area (Å²) < 4.78 is 28.3. The molecule has 2 aromatic rings. The lowest BCUT2D eigenvalue weighted by Gasteiger charge is -1.95. The highest BCUT2D eigenvalue weighted by Gasteiger charge is 2.11. The number of benzene rings is 1. The van der Waals surface area contributed by atoms with Crippen LogP contribution >= 0.6 is 0 Å². The monoisotopic (exact) mass is 242 g/mol. The van der Waals surface area contributed by atoms with Gasteiger partial charge in [0.05, 0.1) is 17.6 Å². The third kappa shape index (κ3) is 1.96. The van der Waals surface area contributed by atoms with Crippen molar-refractivity contribution in [2.24, 2.45) is 0 Å². The zero-order valence-electron chi connectivity index (χ0n) is 7.97. The molecule has 0 spiro atoms. The number of hydrogen-bond donors (Lipinski definition) is 1. The van der Waals surface area contributed by atoms with Crippen LogP contribution in [0.1, 0.15) is 5.56 Å². The van der Waals surface area contributed by atoms with Crippen molar-refractivity contribution in [2.75, 3.05) is 0 Å². The fraction of sp³-hybridized carbons (Fsp3) is 0.100. The molecule has 0 fully saturated rings. The molecule has 6 heteroatoms. The van der Waals surface area contributed by atoms with E-state index in [0.717, 1.165) is 0 Å². The Morgan fingerprint density at radius 1 is 1.50 bits per heavy atom. The van der Waals surface area contributed by atoms with Crippen molar-refractivity contribution < 1.29 is 22.4 Å². The van der Waals surface area contributed by atoms with Crippen LogP contribution in [0.4, 0.5) is 3.89 Å². The van der Waals surface area contributed by atoms with Crippen LogP contribution in [0, 0.1) is 0 Å². The number of carboxylic acids is 1. The molecule has 0 radical (unpaired) electrons. The Balaban J connectivity index is 2.55. The molecule has 0 saturated carbocycles. The van der Waals surface area contributed by atoms with Crippen LogP contribution < -0.4 is 0 Å². The topological polar surface area (TPSA) is 67.5 Å². The number of fused-ring (bicyclic) bond motifs is 1. The van der Waals surface area contributed by atoms with Gasteiger partial charge in [0.15, 0.2) is 0 Å². The Labute approximate surface area is 92.4 Å². The average Bonchev–Trinajstić information content (AvgIpc) is 2.60. The maximum absolute atomic E-state index is 12.6. The van der Waals surface area contributed by atoms with Gasteiger partial charge < -0.3 is 9.52 Å². The van der Waals surface area contributed by atoms with E-state index in [1.807, 2.05) is 0 Å². The van der Waals surface area contributed by atoms with Gasteiger partial charge in [-0.15, -0.1) is 3.89 Å². The van der Waals surface area contributed by atoms with E-state index in [9.17, 15) is 12.9 Å². The Morgan fingerprint density at radius 3 is 2.88 bits per heavy atom. The normalized spacial score (nSPS) is 12.8. The van der Waals surface area contributed by atoms with Gasteiger partial charge in [0.2, 0.25) is 11.2 Å². The molecule has 1 atom stereocenters. The van der Waals surface area contributed by atoms with Crippen LogP contribution in [-0.4, -0.2) is 15.3 Å². The molecule has 1 heterocycles. The maximum Gasteiger partial charge on any atom is 0.307 e. The first-order chi connectivity index (χ1) is 7.58. The molecule has 1 unspecified atom stereocenters. The largest absolute Gasteiger partial charge is 0.481 e. The van der Waals surface area contributed by atoms with Crippen LogP contribution in [0.15, 0.2) is 33.8 Å². The third-order valence-electron chi connectivity index (χ3n) is 2.15. The predicted octanol–water partition coefficient (Wildman–Crippen LogP) is 2.05. The highest BCUT2D eigenvalue weighted by Crippen LogP contribution is 2.24. The van der Waals surface area contributed by atoms with E-state index >= 15 is 0 Å². The molecule has 0 aliphatic rings. The zero-order chi connectivity index (χ0) is 11.7. The lowest BCUT2D eigenvalue weighted by molar-refractivity contribution is -0.136. The summed E-state index contributed by atoms with van der Waals surface area (Å²) in [6.07, 6.45) is 1.10. The van der Waals surface area contributed by atoms with Gasteiger partial charge in [0.25, 0.3) is 0 Å². The van der Waals surface area contributed by atoms with E-state index in [4.69, 9.17) is 9.52 Å². The van der Waals surface area contributed by atoms with Gasteiger partial charge >= 0.3 is 5.97 Å². The van der Waals surface area contributed by atoms with Crippen LogP contribution in [0.5, 0.6) is 0 Å². The summed E-state index contributed by atoms with van der Waals surface area (Å²) in [6.45, 7) is 0. The van der Waals surface area contributed by atoms with E-state index in [2.05, 4.69) is 0 Å². The van der Waals surface area contributed by atoms with Crippen molar-refractivity contribution in [1.29, 1.82) is 0 Å². The lowest BCUT2D eigenvalue weighted by atomic mass is 10.1. The number of furan rings is 1. The number of rotatable bonds is 3. The molecule has 84 valence electrons. The van der Waals surface area contributed by atoms with E-state index in [1.165, 1.54) is 24.5 Å². The third-order valence-corrected chi connectivity index (χ3v) is 2.78. The minimum atomic E-state index is -2.58. The van der Waals surface area contributed by atoms with E-state index < -0.39 is 17.2 Å². The fourth-order valence-electron chi connectivity index (χ4n) is 1.46. The van der Waals surface area contributed by atoms with Gasteiger partial charge in [-0.2, -0.15) is 0 Å². The minimum Gasteiger partial charge on any atom is -0.481 e. The van der Waals surface area contributed by atoms with Gasteiger partial charge in [0.1, 0.15) is 5.58 Å². The second-order valence-electron chi connectivity index (χ2n) is 3.21. The molecule has 1 N–H and O–H groups in total. The summed E-state index contributed by atoms with van der Waals surface area (Å²) in [6, 6.07) is 4.15.